The van der Waals surface area contributed by atoms with Crippen LogP contribution in [0.4, 0.5) is 11.4 Å². The van der Waals surface area contributed by atoms with Gasteiger partial charge < -0.3 is 19.5 Å². The number of hydrogen-bond donors (Lipinski definition) is 1. The van der Waals surface area contributed by atoms with Crippen LogP contribution in [0.5, 0.6) is 0 Å². The summed E-state index contributed by atoms with van der Waals surface area (Å²) in [4.78, 5) is 29.5. The van der Waals surface area contributed by atoms with Gasteiger partial charge in [-0.2, -0.15) is 0 Å². The number of carbonyl (C=O) groups is 2. The second-order valence-electron chi connectivity index (χ2n) is 8.83. The van der Waals surface area contributed by atoms with Crippen LogP contribution in [0.25, 0.3) is 11.5 Å². The molecule has 1 aliphatic rings. The van der Waals surface area contributed by atoms with Crippen molar-refractivity contribution in [3.05, 3.63) is 88.4 Å². The Morgan fingerprint density at radius 3 is 2.39 bits per heavy atom. The van der Waals surface area contributed by atoms with Crippen LogP contribution in [0.3, 0.4) is 0 Å². The van der Waals surface area contributed by atoms with Gasteiger partial charge in [0.2, 0.25) is 11.8 Å². The number of rotatable bonds is 7. The SMILES string of the molecule is Cc1ccccc1C(=O)N1CCN(c2ccc(NC(=O)CSc3nnc(-c4ccccc4Br)o3)cc2)CC1. The second kappa shape index (κ2) is 11.8. The molecule has 4 aromatic rings. The highest BCUT2D eigenvalue weighted by Gasteiger charge is 2.23. The maximum atomic E-state index is 12.9. The van der Waals surface area contributed by atoms with Gasteiger partial charge >= 0.3 is 0 Å². The van der Waals surface area contributed by atoms with Crippen LogP contribution in [-0.2, 0) is 4.79 Å². The van der Waals surface area contributed by atoms with Crippen molar-refractivity contribution < 1.29 is 14.0 Å². The summed E-state index contributed by atoms with van der Waals surface area (Å²) in [7, 11) is 0. The van der Waals surface area contributed by atoms with E-state index in [-0.39, 0.29) is 17.6 Å². The topological polar surface area (TPSA) is 91.6 Å². The summed E-state index contributed by atoms with van der Waals surface area (Å²) < 4.78 is 6.55. The van der Waals surface area contributed by atoms with E-state index in [1.807, 2.05) is 84.6 Å². The van der Waals surface area contributed by atoms with E-state index >= 15 is 0 Å². The molecule has 1 aliphatic heterocycles. The van der Waals surface area contributed by atoms with Crippen LogP contribution in [0.2, 0.25) is 0 Å². The van der Waals surface area contributed by atoms with Gasteiger partial charge in [0.25, 0.3) is 11.1 Å². The zero-order chi connectivity index (χ0) is 26.5. The molecule has 1 fully saturated rings. The van der Waals surface area contributed by atoms with Crippen LogP contribution in [0.1, 0.15) is 15.9 Å². The van der Waals surface area contributed by atoms with Gasteiger partial charge in [-0.05, 0) is 70.9 Å². The Kier molecular flexibility index (Phi) is 8.09. The number of amides is 2. The number of benzene rings is 3. The first kappa shape index (κ1) is 26.0. The first-order chi connectivity index (χ1) is 18.5. The Bertz CT molecular complexity index is 1430. The number of anilines is 2. The molecule has 2 amide bonds. The number of hydrogen-bond acceptors (Lipinski definition) is 7. The van der Waals surface area contributed by atoms with Gasteiger partial charge in [-0.25, -0.2) is 0 Å². The minimum absolute atomic E-state index is 0.0865. The molecule has 0 bridgehead atoms. The number of piperazine rings is 1. The lowest BCUT2D eigenvalue weighted by Crippen LogP contribution is -2.48. The third kappa shape index (κ3) is 6.08. The molecule has 0 saturated carbocycles. The fraction of sp³-hybridized carbons (Fsp3) is 0.214. The molecule has 1 saturated heterocycles. The molecule has 3 aromatic carbocycles. The molecule has 38 heavy (non-hydrogen) atoms. The molecule has 5 rings (SSSR count). The Labute approximate surface area is 233 Å². The molecule has 1 N–H and O–H groups in total. The lowest BCUT2D eigenvalue weighted by molar-refractivity contribution is -0.113. The molecule has 194 valence electrons. The summed E-state index contributed by atoms with van der Waals surface area (Å²) in [6.07, 6.45) is 0. The van der Waals surface area contributed by atoms with Crippen molar-refractivity contribution in [2.45, 2.75) is 12.1 Å². The van der Waals surface area contributed by atoms with Crippen molar-refractivity contribution in [1.82, 2.24) is 15.1 Å². The van der Waals surface area contributed by atoms with E-state index < -0.39 is 0 Å². The van der Waals surface area contributed by atoms with E-state index in [1.54, 1.807) is 0 Å². The van der Waals surface area contributed by atoms with Crippen LogP contribution in [-0.4, -0.2) is 58.8 Å². The molecule has 0 spiro atoms. The number of nitrogens with one attached hydrogen (secondary N) is 1. The summed E-state index contributed by atoms with van der Waals surface area (Å²) in [5.74, 6) is 0.474. The van der Waals surface area contributed by atoms with Gasteiger partial charge in [-0.3, -0.25) is 9.59 Å². The molecular formula is C28H26BrN5O3S. The molecule has 8 nitrogen and oxygen atoms in total. The normalized spacial score (nSPS) is 13.4. The van der Waals surface area contributed by atoms with Gasteiger partial charge in [-0.1, -0.05) is 42.1 Å². The van der Waals surface area contributed by atoms with E-state index in [1.165, 1.54) is 11.8 Å². The number of thioether (sulfide) groups is 1. The van der Waals surface area contributed by atoms with Gasteiger partial charge in [0, 0.05) is 47.6 Å². The summed E-state index contributed by atoms with van der Waals surface area (Å²) in [6.45, 7) is 4.81. The standard InChI is InChI=1S/C28H26BrN5O3S/c1-19-6-2-3-7-22(19)27(36)34-16-14-33(15-17-34)21-12-10-20(11-13-21)30-25(35)18-38-28-32-31-26(37-28)23-8-4-5-9-24(23)29/h2-13H,14-18H2,1H3,(H,30,35). The highest BCUT2D eigenvalue weighted by atomic mass is 79.9. The van der Waals surface area contributed by atoms with E-state index in [0.717, 1.165) is 39.9 Å². The van der Waals surface area contributed by atoms with Crippen LogP contribution in [0.15, 0.2) is 86.9 Å². The highest BCUT2D eigenvalue weighted by Crippen LogP contribution is 2.29. The first-order valence-corrected chi connectivity index (χ1v) is 14.0. The monoisotopic (exact) mass is 591 g/mol. The second-order valence-corrected chi connectivity index (χ2v) is 10.6. The maximum Gasteiger partial charge on any atom is 0.277 e. The molecule has 0 radical (unpaired) electrons. The number of aryl methyl sites for hydroxylation is 1. The van der Waals surface area contributed by atoms with Crippen LogP contribution >= 0.6 is 27.7 Å². The van der Waals surface area contributed by atoms with Gasteiger partial charge in [0.15, 0.2) is 0 Å². The lowest BCUT2D eigenvalue weighted by Gasteiger charge is -2.36. The highest BCUT2D eigenvalue weighted by molar-refractivity contribution is 9.10. The summed E-state index contributed by atoms with van der Waals surface area (Å²) >= 11 is 4.66. The summed E-state index contributed by atoms with van der Waals surface area (Å²) in [6, 6.07) is 23.1. The Hall–Kier alpha value is -3.63. The Balaban J connectivity index is 1.10. The molecule has 10 heteroatoms. The quantitative estimate of drug-likeness (QED) is 0.284. The largest absolute Gasteiger partial charge is 0.411 e. The lowest BCUT2D eigenvalue weighted by atomic mass is 10.1. The summed E-state index contributed by atoms with van der Waals surface area (Å²) in [5, 5.41) is 11.3. The first-order valence-electron chi connectivity index (χ1n) is 12.2. The Morgan fingerprint density at radius 2 is 1.66 bits per heavy atom. The van der Waals surface area contributed by atoms with E-state index in [0.29, 0.717) is 29.9 Å². The minimum Gasteiger partial charge on any atom is -0.411 e. The molecule has 2 heterocycles. The number of carbonyl (C=O) groups excluding carboxylic acids is 2. The van der Waals surface area contributed by atoms with E-state index in [4.69, 9.17) is 4.42 Å². The smallest absolute Gasteiger partial charge is 0.277 e. The van der Waals surface area contributed by atoms with Crippen molar-refractivity contribution in [2.24, 2.45) is 0 Å². The maximum absolute atomic E-state index is 12.9. The van der Waals surface area contributed by atoms with Crippen LogP contribution < -0.4 is 10.2 Å². The van der Waals surface area contributed by atoms with Crippen molar-refractivity contribution in [3.8, 4) is 11.5 Å². The molecular weight excluding hydrogens is 566 g/mol. The number of aromatic nitrogens is 2. The van der Waals surface area contributed by atoms with E-state index in [9.17, 15) is 9.59 Å². The Morgan fingerprint density at radius 1 is 0.947 bits per heavy atom. The van der Waals surface area contributed by atoms with Crippen molar-refractivity contribution >= 4 is 50.9 Å². The molecule has 0 atom stereocenters. The average molecular weight is 593 g/mol. The van der Waals surface area contributed by atoms with Gasteiger partial charge in [0.1, 0.15) is 0 Å². The van der Waals surface area contributed by atoms with Crippen molar-refractivity contribution in [1.29, 1.82) is 0 Å². The van der Waals surface area contributed by atoms with Crippen molar-refractivity contribution in [3.63, 3.8) is 0 Å². The molecule has 0 unspecified atom stereocenters. The average Bonchev–Trinajstić information content (AvgIpc) is 3.41. The fourth-order valence-electron chi connectivity index (χ4n) is 4.24. The minimum atomic E-state index is -0.160. The molecule has 1 aromatic heterocycles. The zero-order valence-corrected chi connectivity index (χ0v) is 23.2. The third-order valence-electron chi connectivity index (χ3n) is 6.30. The predicted octanol–water partition coefficient (Wildman–Crippen LogP) is 5.50. The van der Waals surface area contributed by atoms with Gasteiger partial charge in [-0.15, -0.1) is 10.2 Å². The predicted molar refractivity (Wildman–Crippen MR) is 153 cm³/mol. The fourth-order valence-corrected chi connectivity index (χ4v) is 5.26. The summed E-state index contributed by atoms with van der Waals surface area (Å²) in [5.41, 5.74) is 4.34. The van der Waals surface area contributed by atoms with Crippen molar-refractivity contribution in [2.75, 3.05) is 42.1 Å². The van der Waals surface area contributed by atoms with Crippen LogP contribution in [0, 0.1) is 6.92 Å². The number of halogens is 1. The molecule has 0 aliphatic carbocycles. The van der Waals surface area contributed by atoms with E-state index in [2.05, 4.69) is 36.3 Å². The van der Waals surface area contributed by atoms with Gasteiger partial charge in [0.05, 0.1) is 11.3 Å². The zero-order valence-electron chi connectivity index (χ0n) is 20.8. The number of nitrogens with zero attached hydrogens (tertiary/aromatic N) is 4. The third-order valence-corrected chi connectivity index (χ3v) is 7.81.